The van der Waals surface area contributed by atoms with Crippen LogP contribution in [0.25, 0.3) is 0 Å². The van der Waals surface area contributed by atoms with Crippen molar-refractivity contribution in [1.29, 1.82) is 0 Å². The molecule has 1 aromatic rings. The lowest BCUT2D eigenvalue weighted by atomic mass is 10.1. The molecule has 3 nitrogen and oxygen atoms in total. The van der Waals surface area contributed by atoms with Crippen LogP contribution in [-0.4, -0.2) is 37.7 Å². The van der Waals surface area contributed by atoms with E-state index < -0.39 is 0 Å². The first-order chi connectivity index (χ1) is 10.1. The molecule has 0 aliphatic rings. The van der Waals surface area contributed by atoms with Gasteiger partial charge in [-0.2, -0.15) is 0 Å². The Morgan fingerprint density at radius 3 is 2.19 bits per heavy atom. The van der Waals surface area contributed by atoms with Crippen LogP contribution in [0.1, 0.15) is 46.2 Å². The van der Waals surface area contributed by atoms with Crippen molar-refractivity contribution in [1.82, 2.24) is 10.2 Å². The van der Waals surface area contributed by atoms with E-state index >= 15 is 0 Å². The van der Waals surface area contributed by atoms with Crippen molar-refractivity contribution in [3.8, 4) is 5.75 Å². The van der Waals surface area contributed by atoms with Gasteiger partial charge >= 0.3 is 0 Å². The van der Waals surface area contributed by atoms with Crippen molar-refractivity contribution in [2.75, 3.05) is 32.8 Å². The summed E-state index contributed by atoms with van der Waals surface area (Å²) < 4.78 is 5.72. The highest BCUT2D eigenvalue weighted by atomic mass is 16.5. The third-order valence-electron chi connectivity index (χ3n) is 3.74. The minimum absolute atomic E-state index is 0.375. The molecule has 0 aliphatic heterocycles. The van der Waals surface area contributed by atoms with Gasteiger partial charge in [-0.3, -0.25) is 0 Å². The van der Waals surface area contributed by atoms with E-state index in [0.29, 0.717) is 12.0 Å². The summed E-state index contributed by atoms with van der Waals surface area (Å²) in [5.41, 5.74) is 1.31. The molecule has 0 spiro atoms. The standard InChI is InChI=1S/C18H32N2O/c1-6-20(7-2)13-12-19-16(5)17-8-10-18(11-9-17)21-14-15(3)4/h8-11,15-16,19H,6-7,12-14H2,1-5H3. The molecule has 0 fully saturated rings. The number of ether oxygens (including phenoxy) is 1. The zero-order chi connectivity index (χ0) is 15.7. The lowest BCUT2D eigenvalue weighted by Crippen LogP contribution is -2.33. The van der Waals surface area contributed by atoms with Crippen molar-refractivity contribution < 1.29 is 4.74 Å². The molecule has 0 aliphatic carbocycles. The number of nitrogens with zero attached hydrogens (tertiary/aromatic N) is 1. The summed E-state index contributed by atoms with van der Waals surface area (Å²) in [6.45, 7) is 16.1. The van der Waals surface area contributed by atoms with Gasteiger partial charge in [0.05, 0.1) is 6.61 Å². The van der Waals surface area contributed by atoms with Gasteiger partial charge in [0, 0.05) is 19.1 Å². The van der Waals surface area contributed by atoms with Gasteiger partial charge in [0.15, 0.2) is 0 Å². The molecule has 0 heterocycles. The fourth-order valence-corrected chi connectivity index (χ4v) is 2.21. The van der Waals surface area contributed by atoms with Crippen LogP contribution >= 0.6 is 0 Å². The monoisotopic (exact) mass is 292 g/mol. The molecule has 0 radical (unpaired) electrons. The van der Waals surface area contributed by atoms with E-state index in [1.54, 1.807) is 0 Å². The zero-order valence-electron chi connectivity index (χ0n) is 14.4. The Bertz CT molecular complexity index is 371. The van der Waals surface area contributed by atoms with Crippen molar-refractivity contribution in [3.63, 3.8) is 0 Å². The second kappa shape index (κ2) is 9.80. The average molecular weight is 292 g/mol. The number of hydrogen-bond acceptors (Lipinski definition) is 3. The molecule has 120 valence electrons. The smallest absolute Gasteiger partial charge is 0.119 e. The SMILES string of the molecule is CCN(CC)CCNC(C)c1ccc(OCC(C)C)cc1. The first-order valence-corrected chi connectivity index (χ1v) is 8.25. The normalized spacial score (nSPS) is 12.9. The van der Waals surface area contributed by atoms with Crippen LogP contribution in [0.5, 0.6) is 5.75 Å². The summed E-state index contributed by atoms with van der Waals surface area (Å²) in [7, 11) is 0. The van der Waals surface area contributed by atoms with Gasteiger partial charge in [-0.1, -0.05) is 39.8 Å². The summed E-state index contributed by atoms with van der Waals surface area (Å²) in [5, 5.41) is 3.59. The second-order valence-corrected chi connectivity index (χ2v) is 5.98. The Labute approximate surface area is 130 Å². The highest BCUT2D eigenvalue weighted by molar-refractivity contribution is 5.28. The predicted molar refractivity (Wildman–Crippen MR) is 91.0 cm³/mol. The molecule has 21 heavy (non-hydrogen) atoms. The van der Waals surface area contributed by atoms with Gasteiger partial charge < -0.3 is 15.0 Å². The average Bonchev–Trinajstić information content (AvgIpc) is 2.50. The Morgan fingerprint density at radius 1 is 1.05 bits per heavy atom. The van der Waals surface area contributed by atoms with Crippen molar-refractivity contribution in [3.05, 3.63) is 29.8 Å². The minimum atomic E-state index is 0.375. The molecule has 3 heteroatoms. The maximum Gasteiger partial charge on any atom is 0.119 e. The van der Waals surface area contributed by atoms with Crippen LogP contribution in [0.2, 0.25) is 0 Å². The molecule has 1 rings (SSSR count). The van der Waals surface area contributed by atoms with Gasteiger partial charge in [-0.05, 0) is 43.6 Å². The van der Waals surface area contributed by atoms with E-state index in [1.807, 2.05) is 0 Å². The van der Waals surface area contributed by atoms with Gasteiger partial charge in [0.25, 0.3) is 0 Å². The van der Waals surface area contributed by atoms with E-state index in [-0.39, 0.29) is 0 Å². The van der Waals surface area contributed by atoms with Crippen LogP contribution in [0.4, 0.5) is 0 Å². The van der Waals surface area contributed by atoms with Crippen molar-refractivity contribution in [2.45, 2.75) is 40.7 Å². The Hall–Kier alpha value is -1.06. The fraction of sp³-hybridized carbons (Fsp3) is 0.667. The van der Waals surface area contributed by atoms with Gasteiger partial charge in [0.1, 0.15) is 5.75 Å². The zero-order valence-corrected chi connectivity index (χ0v) is 14.4. The lowest BCUT2D eigenvalue weighted by molar-refractivity contribution is 0.271. The van der Waals surface area contributed by atoms with Crippen LogP contribution in [0, 0.1) is 5.92 Å². The third kappa shape index (κ3) is 6.96. The molecule has 0 saturated carbocycles. The molecule has 0 amide bonds. The number of rotatable bonds is 10. The molecule has 1 atom stereocenters. The molecule has 0 saturated heterocycles. The topological polar surface area (TPSA) is 24.5 Å². The van der Waals surface area contributed by atoms with E-state index in [4.69, 9.17) is 4.74 Å². The number of hydrogen-bond donors (Lipinski definition) is 1. The van der Waals surface area contributed by atoms with Crippen LogP contribution < -0.4 is 10.1 Å². The Kier molecular flexibility index (Phi) is 8.40. The van der Waals surface area contributed by atoms with Crippen LogP contribution in [0.15, 0.2) is 24.3 Å². The van der Waals surface area contributed by atoms with E-state index in [2.05, 4.69) is 69.1 Å². The lowest BCUT2D eigenvalue weighted by Gasteiger charge is -2.20. The van der Waals surface area contributed by atoms with Crippen LogP contribution in [0.3, 0.4) is 0 Å². The fourth-order valence-electron chi connectivity index (χ4n) is 2.21. The van der Waals surface area contributed by atoms with Crippen molar-refractivity contribution >= 4 is 0 Å². The predicted octanol–water partition coefficient (Wildman–Crippen LogP) is 3.71. The Balaban J connectivity index is 2.38. The third-order valence-corrected chi connectivity index (χ3v) is 3.74. The Morgan fingerprint density at radius 2 is 1.67 bits per heavy atom. The largest absolute Gasteiger partial charge is 0.493 e. The number of benzene rings is 1. The van der Waals surface area contributed by atoms with E-state index in [1.165, 1.54) is 5.56 Å². The van der Waals surface area contributed by atoms with Gasteiger partial charge in [-0.15, -0.1) is 0 Å². The van der Waals surface area contributed by atoms with Crippen molar-refractivity contribution in [2.24, 2.45) is 5.92 Å². The minimum Gasteiger partial charge on any atom is -0.493 e. The summed E-state index contributed by atoms with van der Waals surface area (Å²) in [5.74, 6) is 1.52. The molecular formula is C18H32N2O. The molecular weight excluding hydrogens is 260 g/mol. The quantitative estimate of drug-likeness (QED) is 0.711. The maximum atomic E-state index is 5.72. The first-order valence-electron chi connectivity index (χ1n) is 8.25. The number of likely N-dealkylation sites (N-methyl/N-ethyl adjacent to an activating group) is 1. The number of nitrogens with one attached hydrogen (secondary N) is 1. The summed E-state index contributed by atoms with van der Waals surface area (Å²) in [4.78, 5) is 2.43. The molecule has 1 unspecified atom stereocenters. The summed E-state index contributed by atoms with van der Waals surface area (Å²) in [6, 6.07) is 8.83. The second-order valence-electron chi connectivity index (χ2n) is 5.98. The van der Waals surface area contributed by atoms with E-state index in [9.17, 15) is 0 Å². The molecule has 1 aromatic carbocycles. The molecule has 0 aromatic heterocycles. The van der Waals surface area contributed by atoms with Crippen LogP contribution in [-0.2, 0) is 0 Å². The summed E-state index contributed by atoms with van der Waals surface area (Å²) in [6.07, 6.45) is 0. The van der Waals surface area contributed by atoms with Gasteiger partial charge in [-0.25, -0.2) is 0 Å². The van der Waals surface area contributed by atoms with E-state index in [0.717, 1.165) is 38.5 Å². The molecule has 1 N–H and O–H groups in total. The highest BCUT2D eigenvalue weighted by Gasteiger charge is 2.06. The highest BCUT2D eigenvalue weighted by Crippen LogP contribution is 2.18. The molecule has 0 bridgehead atoms. The first kappa shape index (κ1) is 18.0. The maximum absolute atomic E-state index is 5.72. The van der Waals surface area contributed by atoms with Gasteiger partial charge in [0.2, 0.25) is 0 Å². The summed E-state index contributed by atoms with van der Waals surface area (Å²) >= 11 is 0.